The van der Waals surface area contributed by atoms with Crippen LogP contribution in [0.15, 0.2) is 41.3 Å². The van der Waals surface area contributed by atoms with Gasteiger partial charge < -0.3 is 5.73 Å². The largest absolute Gasteiger partial charge is 0.393 e. The van der Waals surface area contributed by atoms with Gasteiger partial charge in [0.05, 0.1) is 15.5 Å². The van der Waals surface area contributed by atoms with Gasteiger partial charge >= 0.3 is 0 Å². The van der Waals surface area contributed by atoms with E-state index in [1.165, 1.54) is 18.2 Å². The van der Waals surface area contributed by atoms with Crippen LogP contribution < -0.4 is 10.5 Å². The van der Waals surface area contributed by atoms with Crippen molar-refractivity contribution in [2.75, 3.05) is 10.5 Å². The fourth-order valence-electron chi connectivity index (χ4n) is 2.12. The number of nitro groups is 1. The van der Waals surface area contributed by atoms with Crippen molar-refractivity contribution in [3.05, 3.63) is 57.6 Å². The summed E-state index contributed by atoms with van der Waals surface area (Å²) in [6.07, 6.45) is 0.480. The molecular formula is C15H17N3O4S. The van der Waals surface area contributed by atoms with E-state index in [-0.39, 0.29) is 22.0 Å². The second kappa shape index (κ2) is 6.25. The number of nitro benzene ring substituents is 1. The SMILES string of the molecule is CCc1cc(N)c([N+](=O)[O-])cc1NS(=O)(=O)c1ccc(C)cc1. The van der Waals surface area contributed by atoms with Gasteiger partial charge in [-0.05, 0) is 37.1 Å². The Morgan fingerprint density at radius 2 is 1.83 bits per heavy atom. The molecular weight excluding hydrogens is 318 g/mol. The fourth-order valence-corrected chi connectivity index (χ4v) is 3.21. The Labute approximate surface area is 134 Å². The maximum atomic E-state index is 12.4. The van der Waals surface area contributed by atoms with Crippen LogP contribution in [0.1, 0.15) is 18.1 Å². The zero-order chi connectivity index (χ0) is 17.2. The molecule has 8 heteroatoms. The highest BCUT2D eigenvalue weighted by molar-refractivity contribution is 7.92. The Morgan fingerprint density at radius 3 is 2.35 bits per heavy atom. The number of anilines is 2. The predicted molar refractivity (Wildman–Crippen MR) is 88.9 cm³/mol. The smallest absolute Gasteiger partial charge is 0.294 e. The summed E-state index contributed by atoms with van der Waals surface area (Å²) in [4.78, 5) is 10.4. The molecule has 0 aromatic heterocycles. The first-order valence-corrected chi connectivity index (χ1v) is 8.39. The number of nitrogens with two attached hydrogens (primary N) is 1. The molecule has 2 aromatic rings. The molecule has 0 saturated heterocycles. The molecule has 3 N–H and O–H groups in total. The first-order chi connectivity index (χ1) is 10.7. The van der Waals surface area contributed by atoms with Gasteiger partial charge in [0.2, 0.25) is 0 Å². The van der Waals surface area contributed by atoms with Crippen LogP contribution in [0.25, 0.3) is 0 Å². The van der Waals surface area contributed by atoms with Crippen molar-refractivity contribution in [2.24, 2.45) is 0 Å². The van der Waals surface area contributed by atoms with E-state index in [1.54, 1.807) is 12.1 Å². The minimum atomic E-state index is -3.83. The molecule has 0 spiro atoms. The zero-order valence-corrected chi connectivity index (χ0v) is 13.6. The summed E-state index contributed by atoms with van der Waals surface area (Å²) in [5, 5.41) is 11.0. The van der Waals surface area contributed by atoms with Crippen molar-refractivity contribution in [3.8, 4) is 0 Å². The Kier molecular flexibility index (Phi) is 4.55. The second-order valence-corrected chi connectivity index (χ2v) is 6.78. The molecule has 7 nitrogen and oxygen atoms in total. The highest BCUT2D eigenvalue weighted by Crippen LogP contribution is 2.31. The molecule has 0 amide bonds. The lowest BCUT2D eigenvalue weighted by Gasteiger charge is -2.13. The maximum absolute atomic E-state index is 12.4. The summed E-state index contributed by atoms with van der Waals surface area (Å²) >= 11 is 0. The minimum Gasteiger partial charge on any atom is -0.393 e. The van der Waals surface area contributed by atoms with Crippen LogP contribution >= 0.6 is 0 Å². The van der Waals surface area contributed by atoms with Crippen molar-refractivity contribution in [3.63, 3.8) is 0 Å². The van der Waals surface area contributed by atoms with Crippen LogP contribution in [0.5, 0.6) is 0 Å². The molecule has 0 unspecified atom stereocenters. The van der Waals surface area contributed by atoms with Crippen LogP contribution in [0.2, 0.25) is 0 Å². The first kappa shape index (κ1) is 16.8. The second-order valence-electron chi connectivity index (χ2n) is 5.10. The average molecular weight is 335 g/mol. The Bertz CT molecular complexity index is 846. The summed E-state index contributed by atoms with van der Waals surface area (Å²) < 4.78 is 27.3. The van der Waals surface area contributed by atoms with Crippen LogP contribution in [0.3, 0.4) is 0 Å². The zero-order valence-electron chi connectivity index (χ0n) is 12.7. The van der Waals surface area contributed by atoms with Gasteiger partial charge in [-0.15, -0.1) is 0 Å². The molecule has 2 rings (SSSR count). The lowest BCUT2D eigenvalue weighted by atomic mass is 10.1. The normalized spacial score (nSPS) is 11.2. The molecule has 0 saturated carbocycles. The molecule has 0 aliphatic rings. The minimum absolute atomic E-state index is 0.00475. The number of nitrogen functional groups attached to an aromatic ring is 1. The average Bonchev–Trinajstić information content (AvgIpc) is 2.48. The summed E-state index contributed by atoms with van der Waals surface area (Å²) in [6.45, 7) is 3.66. The van der Waals surface area contributed by atoms with Gasteiger partial charge in [0.15, 0.2) is 0 Å². The third-order valence-electron chi connectivity index (χ3n) is 3.41. The van der Waals surface area contributed by atoms with Crippen molar-refractivity contribution in [2.45, 2.75) is 25.2 Å². The van der Waals surface area contributed by atoms with Gasteiger partial charge in [0.1, 0.15) is 5.69 Å². The van der Waals surface area contributed by atoms with E-state index >= 15 is 0 Å². The molecule has 0 heterocycles. The monoisotopic (exact) mass is 335 g/mol. The van der Waals surface area contributed by atoms with E-state index in [0.717, 1.165) is 11.6 Å². The van der Waals surface area contributed by atoms with Crippen molar-refractivity contribution in [1.29, 1.82) is 0 Å². The molecule has 0 bridgehead atoms. The van der Waals surface area contributed by atoms with E-state index in [1.807, 2.05) is 13.8 Å². The van der Waals surface area contributed by atoms with Gasteiger partial charge in [0.25, 0.3) is 15.7 Å². The number of sulfonamides is 1. The van der Waals surface area contributed by atoms with Crippen molar-refractivity contribution in [1.82, 2.24) is 0 Å². The van der Waals surface area contributed by atoms with E-state index in [9.17, 15) is 18.5 Å². The summed E-state index contributed by atoms with van der Waals surface area (Å²) in [5.74, 6) is 0. The summed E-state index contributed by atoms with van der Waals surface area (Å²) in [7, 11) is -3.83. The van der Waals surface area contributed by atoms with Gasteiger partial charge in [-0.2, -0.15) is 0 Å². The number of aryl methyl sites for hydroxylation is 2. The van der Waals surface area contributed by atoms with Crippen molar-refractivity contribution >= 4 is 27.1 Å². The Morgan fingerprint density at radius 1 is 1.22 bits per heavy atom. The summed E-state index contributed by atoms with van der Waals surface area (Å²) in [5.41, 5.74) is 6.99. The standard InChI is InChI=1S/C15H17N3O4S/c1-3-11-8-13(16)15(18(19)20)9-14(11)17-23(21,22)12-6-4-10(2)5-7-12/h4-9,17H,3,16H2,1-2H3. The number of rotatable bonds is 5. The van der Waals surface area contributed by atoms with E-state index in [4.69, 9.17) is 5.73 Å². The first-order valence-electron chi connectivity index (χ1n) is 6.91. The molecule has 23 heavy (non-hydrogen) atoms. The van der Waals surface area contributed by atoms with Crippen molar-refractivity contribution < 1.29 is 13.3 Å². The summed E-state index contributed by atoms with van der Waals surface area (Å²) in [6, 6.07) is 8.90. The van der Waals surface area contributed by atoms with Crippen LogP contribution in [-0.2, 0) is 16.4 Å². The number of benzene rings is 2. The predicted octanol–water partition coefficient (Wildman–Crippen LogP) is 2.85. The highest BCUT2D eigenvalue weighted by atomic mass is 32.2. The Balaban J connectivity index is 2.47. The topological polar surface area (TPSA) is 115 Å². The lowest BCUT2D eigenvalue weighted by molar-refractivity contribution is -0.383. The number of hydrogen-bond donors (Lipinski definition) is 2. The number of hydrogen-bond acceptors (Lipinski definition) is 5. The van der Waals surface area contributed by atoms with E-state index < -0.39 is 14.9 Å². The molecule has 0 aliphatic carbocycles. The number of nitrogens with one attached hydrogen (secondary N) is 1. The van der Waals surface area contributed by atoms with Crippen LogP contribution in [-0.4, -0.2) is 13.3 Å². The van der Waals surface area contributed by atoms with Gasteiger partial charge in [0, 0.05) is 6.07 Å². The van der Waals surface area contributed by atoms with E-state index in [2.05, 4.69) is 4.72 Å². The maximum Gasteiger partial charge on any atom is 0.294 e. The third-order valence-corrected chi connectivity index (χ3v) is 4.79. The molecule has 2 aromatic carbocycles. The molecule has 0 aliphatic heterocycles. The Hall–Kier alpha value is -2.61. The van der Waals surface area contributed by atoms with E-state index in [0.29, 0.717) is 12.0 Å². The molecule has 0 fully saturated rings. The lowest BCUT2D eigenvalue weighted by Crippen LogP contribution is -2.14. The van der Waals surface area contributed by atoms with Crippen LogP contribution in [0.4, 0.5) is 17.1 Å². The highest BCUT2D eigenvalue weighted by Gasteiger charge is 2.20. The van der Waals surface area contributed by atoms with Gasteiger partial charge in [-0.1, -0.05) is 24.6 Å². The molecule has 0 atom stereocenters. The molecule has 0 radical (unpaired) electrons. The third kappa shape index (κ3) is 3.59. The quantitative estimate of drug-likeness (QED) is 0.495. The fraction of sp³-hybridized carbons (Fsp3) is 0.200. The van der Waals surface area contributed by atoms with Gasteiger partial charge in [-0.3, -0.25) is 14.8 Å². The molecule has 122 valence electrons. The van der Waals surface area contributed by atoms with Crippen LogP contribution in [0, 0.1) is 17.0 Å². The van der Waals surface area contributed by atoms with Gasteiger partial charge in [-0.25, -0.2) is 8.42 Å². The number of nitrogens with zero attached hydrogens (tertiary/aromatic N) is 1.